The van der Waals surface area contributed by atoms with Gasteiger partial charge in [-0.05, 0) is 43.0 Å². The summed E-state index contributed by atoms with van der Waals surface area (Å²) >= 11 is 0. The zero-order valence-electron chi connectivity index (χ0n) is 14.7. The van der Waals surface area contributed by atoms with E-state index in [1.165, 1.54) is 0 Å². The van der Waals surface area contributed by atoms with Crippen molar-refractivity contribution in [1.82, 2.24) is 9.78 Å². The van der Waals surface area contributed by atoms with Crippen LogP contribution in [0.25, 0.3) is 10.9 Å². The Morgan fingerprint density at radius 2 is 2.11 bits per heavy atom. The van der Waals surface area contributed by atoms with Gasteiger partial charge in [-0.1, -0.05) is 30.3 Å². The summed E-state index contributed by atoms with van der Waals surface area (Å²) in [5.41, 5.74) is 1.98. The molecule has 1 atom stereocenters. The third kappa shape index (κ3) is 3.93. The maximum Gasteiger partial charge on any atom is 0.411 e. The molecule has 1 amide bonds. The second-order valence-corrected chi connectivity index (χ2v) is 6.48. The van der Waals surface area contributed by atoms with Crippen LogP contribution in [0.1, 0.15) is 31.1 Å². The lowest BCUT2D eigenvalue weighted by Crippen LogP contribution is -2.19. The molecule has 0 saturated carbocycles. The highest BCUT2D eigenvalue weighted by molar-refractivity contribution is 5.90. The van der Waals surface area contributed by atoms with Crippen LogP contribution in [-0.2, 0) is 16.1 Å². The quantitative estimate of drug-likeness (QED) is 0.729. The van der Waals surface area contributed by atoms with E-state index in [1.807, 2.05) is 30.3 Å². The predicted molar refractivity (Wildman–Crippen MR) is 98.8 cm³/mol. The summed E-state index contributed by atoms with van der Waals surface area (Å²) in [5.74, 6) is -0.583. The molecule has 1 unspecified atom stereocenters. The number of anilines is 1. The van der Waals surface area contributed by atoms with E-state index in [1.54, 1.807) is 22.9 Å². The van der Waals surface area contributed by atoms with Gasteiger partial charge in [0.1, 0.15) is 6.61 Å². The summed E-state index contributed by atoms with van der Waals surface area (Å²) < 4.78 is 26.8. The van der Waals surface area contributed by atoms with E-state index in [-0.39, 0.29) is 12.8 Å². The number of carbonyl (C=O) groups excluding carboxylic acids is 1. The van der Waals surface area contributed by atoms with Gasteiger partial charge in [0.2, 0.25) is 5.95 Å². The van der Waals surface area contributed by atoms with Gasteiger partial charge < -0.3 is 9.47 Å². The van der Waals surface area contributed by atoms with Crippen LogP contribution in [0.5, 0.6) is 0 Å². The van der Waals surface area contributed by atoms with Crippen molar-refractivity contribution in [3.63, 3.8) is 0 Å². The van der Waals surface area contributed by atoms with E-state index in [2.05, 4.69) is 10.4 Å². The smallest absolute Gasteiger partial charge is 0.411 e. The molecule has 0 bridgehead atoms. The van der Waals surface area contributed by atoms with Gasteiger partial charge in [-0.15, -0.1) is 5.10 Å². The Bertz CT molecular complexity index is 936. The minimum Gasteiger partial charge on any atom is -0.444 e. The monoisotopic (exact) mass is 369 g/mol. The maximum absolute atomic E-state index is 14.3. The number of carbonyl (C=O) groups is 1. The molecule has 0 aliphatic carbocycles. The molecule has 0 spiro atoms. The maximum atomic E-state index is 14.3. The van der Waals surface area contributed by atoms with Gasteiger partial charge in [0.15, 0.2) is 6.23 Å². The zero-order chi connectivity index (χ0) is 18.6. The predicted octanol–water partition coefficient (Wildman–Crippen LogP) is 4.62. The van der Waals surface area contributed by atoms with Gasteiger partial charge >= 0.3 is 6.09 Å². The van der Waals surface area contributed by atoms with Gasteiger partial charge in [0.05, 0.1) is 10.9 Å². The van der Waals surface area contributed by atoms with Crippen LogP contribution in [0.2, 0.25) is 0 Å². The molecule has 2 aromatic carbocycles. The molecule has 1 aromatic heterocycles. The number of benzene rings is 2. The normalized spacial score (nSPS) is 17.0. The lowest BCUT2D eigenvalue weighted by molar-refractivity contribution is -0.0375. The van der Waals surface area contributed by atoms with Crippen molar-refractivity contribution in [2.24, 2.45) is 0 Å². The molecule has 140 valence electrons. The van der Waals surface area contributed by atoms with Crippen LogP contribution in [-0.4, -0.2) is 22.5 Å². The first-order valence-electron chi connectivity index (χ1n) is 8.98. The van der Waals surface area contributed by atoms with Crippen LogP contribution in [0.3, 0.4) is 0 Å². The van der Waals surface area contributed by atoms with Gasteiger partial charge in [-0.2, -0.15) is 4.39 Å². The minimum absolute atomic E-state index is 0.167. The highest BCUT2D eigenvalue weighted by Crippen LogP contribution is 2.29. The van der Waals surface area contributed by atoms with Crippen LogP contribution in [0.4, 0.5) is 14.9 Å². The molecule has 0 radical (unpaired) electrons. The van der Waals surface area contributed by atoms with Crippen LogP contribution in [0.15, 0.2) is 48.5 Å². The first-order chi connectivity index (χ1) is 13.2. The highest BCUT2D eigenvalue weighted by Gasteiger charge is 2.21. The Kier molecular flexibility index (Phi) is 5.02. The molecule has 6 nitrogen and oxygen atoms in total. The first-order valence-corrected chi connectivity index (χ1v) is 8.98. The number of fused-ring (bicyclic) bond motifs is 1. The summed E-state index contributed by atoms with van der Waals surface area (Å²) in [6.45, 7) is 0.820. The molecule has 1 N–H and O–H groups in total. The van der Waals surface area contributed by atoms with E-state index in [0.717, 1.165) is 24.8 Å². The summed E-state index contributed by atoms with van der Waals surface area (Å²) in [5, 5.41) is 6.95. The summed E-state index contributed by atoms with van der Waals surface area (Å²) in [4.78, 5) is 12.0. The highest BCUT2D eigenvalue weighted by atomic mass is 19.1. The van der Waals surface area contributed by atoms with E-state index in [9.17, 15) is 9.18 Å². The number of nitrogens with zero attached hydrogens (tertiary/aromatic N) is 2. The van der Waals surface area contributed by atoms with Crippen molar-refractivity contribution in [1.29, 1.82) is 0 Å². The minimum atomic E-state index is -0.596. The molecule has 1 aliphatic heterocycles. The van der Waals surface area contributed by atoms with Crippen molar-refractivity contribution in [3.05, 3.63) is 60.0 Å². The van der Waals surface area contributed by atoms with Gasteiger partial charge in [0, 0.05) is 12.3 Å². The van der Waals surface area contributed by atoms with Gasteiger partial charge in [-0.25, -0.2) is 9.48 Å². The van der Waals surface area contributed by atoms with E-state index in [4.69, 9.17) is 9.47 Å². The average Bonchev–Trinajstić information content (AvgIpc) is 3.04. The van der Waals surface area contributed by atoms with Gasteiger partial charge in [-0.3, -0.25) is 5.32 Å². The molecule has 1 fully saturated rings. The second-order valence-electron chi connectivity index (χ2n) is 6.48. The fraction of sp³-hybridized carbons (Fsp3) is 0.300. The molecule has 4 rings (SSSR count). The summed E-state index contributed by atoms with van der Waals surface area (Å²) in [6, 6.07) is 14.4. The van der Waals surface area contributed by atoms with Crippen LogP contribution in [0, 0.1) is 5.95 Å². The zero-order valence-corrected chi connectivity index (χ0v) is 14.7. The standard InChI is InChI=1S/C20H20FN3O3/c21-19-16-12-15(22-20(25)27-13-14-6-2-1-3-7-14)9-10-17(16)24(23-19)18-8-4-5-11-26-18/h1-3,6-7,9-10,12,18H,4-5,8,11,13H2,(H,22,25). The molecule has 2 heterocycles. The van der Waals surface area contributed by atoms with E-state index in [0.29, 0.717) is 23.2 Å². The van der Waals surface area contributed by atoms with Crippen LogP contribution < -0.4 is 5.32 Å². The van der Waals surface area contributed by atoms with Crippen molar-refractivity contribution in [2.75, 3.05) is 11.9 Å². The molecular weight excluding hydrogens is 349 g/mol. The van der Waals surface area contributed by atoms with Crippen molar-refractivity contribution >= 4 is 22.7 Å². The van der Waals surface area contributed by atoms with Crippen LogP contribution >= 0.6 is 0 Å². The number of amides is 1. The lowest BCUT2D eigenvalue weighted by Gasteiger charge is -2.23. The molecule has 7 heteroatoms. The molecule has 1 saturated heterocycles. The number of aromatic nitrogens is 2. The summed E-state index contributed by atoms with van der Waals surface area (Å²) in [7, 11) is 0. The Morgan fingerprint density at radius 1 is 1.26 bits per heavy atom. The third-order valence-corrected chi connectivity index (χ3v) is 4.55. The third-order valence-electron chi connectivity index (χ3n) is 4.55. The Balaban J connectivity index is 1.46. The van der Waals surface area contributed by atoms with Crippen molar-refractivity contribution < 1.29 is 18.7 Å². The fourth-order valence-electron chi connectivity index (χ4n) is 3.19. The van der Waals surface area contributed by atoms with Crippen molar-refractivity contribution in [2.45, 2.75) is 32.1 Å². The van der Waals surface area contributed by atoms with E-state index >= 15 is 0 Å². The number of ether oxygens (including phenoxy) is 2. The number of rotatable bonds is 4. The number of hydrogen-bond donors (Lipinski definition) is 1. The van der Waals surface area contributed by atoms with Crippen molar-refractivity contribution in [3.8, 4) is 0 Å². The first kappa shape index (κ1) is 17.5. The largest absolute Gasteiger partial charge is 0.444 e. The summed E-state index contributed by atoms with van der Waals surface area (Å²) in [6.07, 6.45) is 2.00. The topological polar surface area (TPSA) is 65.4 Å². The van der Waals surface area contributed by atoms with Gasteiger partial charge in [0.25, 0.3) is 0 Å². The second kappa shape index (κ2) is 7.75. The Labute approximate surface area is 155 Å². The molecule has 3 aromatic rings. The molecule has 27 heavy (non-hydrogen) atoms. The fourth-order valence-corrected chi connectivity index (χ4v) is 3.19. The van der Waals surface area contributed by atoms with E-state index < -0.39 is 12.0 Å². The molecular formula is C20H20FN3O3. The average molecular weight is 369 g/mol. The number of hydrogen-bond acceptors (Lipinski definition) is 4. The molecule has 1 aliphatic rings. The lowest BCUT2D eigenvalue weighted by atomic mass is 10.2. The SMILES string of the molecule is O=C(Nc1ccc2c(c1)c(F)nn2C1CCCCO1)OCc1ccccc1. The Morgan fingerprint density at radius 3 is 2.89 bits per heavy atom. The number of halogens is 1. The Hall–Kier alpha value is -2.93. The number of nitrogens with one attached hydrogen (secondary N) is 1.